The van der Waals surface area contributed by atoms with Crippen molar-refractivity contribution in [3.8, 4) is 0 Å². The molecular formula is C15H32N2. The molecule has 0 aliphatic carbocycles. The van der Waals surface area contributed by atoms with E-state index < -0.39 is 0 Å². The van der Waals surface area contributed by atoms with E-state index in [0.29, 0.717) is 5.41 Å². The summed E-state index contributed by atoms with van der Waals surface area (Å²) in [4.78, 5) is 2.71. The zero-order valence-electron chi connectivity index (χ0n) is 12.6. The van der Waals surface area contributed by atoms with Crippen molar-refractivity contribution in [1.29, 1.82) is 0 Å². The monoisotopic (exact) mass is 240 g/mol. The minimum absolute atomic E-state index is 0.495. The topological polar surface area (TPSA) is 15.3 Å². The number of nitrogens with one attached hydrogen (secondary N) is 1. The van der Waals surface area contributed by atoms with Gasteiger partial charge in [0.25, 0.3) is 0 Å². The third-order valence-electron chi connectivity index (χ3n) is 4.33. The van der Waals surface area contributed by atoms with Crippen molar-refractivity contribution in [2.24, 2.45) is 11.3 Å². The number of hydrogen-bond acceptors (Lipinski definition) is 2. The fourth-order valence-electron chi connectivity index (χ4n) is 3.11. The van der Waals surface area contributed by atoms with Gasteiger partial charge in [0.1, 0.15) is 0 Å². The molecule has 1 N–H and O–H groups in total. The van der Waals surface area contributed by atoms with E-state index in [4.69, 9.17) is 0 Å². The van der Waals surface area contributed by atoms with Crippen LogP contribution in [0.15, 0.2) is 0 Å². The SMILES string of the molecule is CCCC(CNC)N1CCC(C(C)(C)C)CC1. The molecule has 102 valence electrons. The number of rotatable bonds is 5. The Labute approximate surface area is 108 Å². The van der Waals surface area contributed by atoms with Crippen LogP contribution in [-0.4, -0.2) is 37.6 Å². The molecule has 0 bridgehead atoms. The highest BCUT2D eigenvalue weighted by molar-refractivity contribution is 4.84. The van der Waals surface area contributed by atoms with Crippen LogP contribution in [0, 0.1) is 11.3 Å². The maximum atomic E-state index is 3.35. The first kappa shape index (κ1) is 15.0. The summed E-state index contributed by atoms with van der Waals surface area (Å²) < 4.78 is 0. The van der Waals surface area contributed by atoms with E-state index >= 15 is 0 Å². The average molecular weight is 240 g/mol. The predicted molar refractivity (Wildman–Crippen MR) is 76.4 cm³/mol. The summed E-state index contributed by atoms with van der Waals surface area (Å²) in [6.07, 6.45) is 5.40. The molecule has 0 aromatic rings. The second-order valence-corrected chi connectivity index (χ2v) is 6.68. The lowest BCUT2D eigenvalue weighted by Crippen LogP contribution is -2.47. The third kappa shape index (κ3) is 4.59. The molecule has 2 nitrogen and oxygen atoms in total. The van der Waals surface area contributed by atoms with Crippen molar-refractivity contribution in [1.82, 2.24) is 10.2 Å². The third-order valence-corrected chi connectivity index (χ3v) is 4.33. The van der Waals surface area contributed by atoms with E-state index in [1.54, 1.807) is 0 Å². The molecule has 1 atom stereocenters. The molecule has 0 aromatic carbocycles. The van der Waals surface area contributed by atoms with E-state index in [1.165, 1.54) is 38.8 Å². The summed E-state index contributed by atoms with van der Waals surface area (Å²) in [7, 11) is 2.07. The Morgan fingerprint density at radius 3 is 2.24 bits per heavy atom. The molecule has 1 aliphatic heterocycles. The Balaban J connectivity index is 2.43. The van der Waals surface area contributed by atoms with Crippen molar-refractivity contribution in [3.05, 3.63) is 0 Å². The van der Waals surface area contributed by atoms with E-state index in [2.05, 4.69) is 45.0 Å². The Hall–Kier alpha value is -0.0800. The second-order valence-electron chi connectivity index (χ2n) is 6.68. The van der Waals surface area contributed by atoms with Crippen LogP contribution in [0.1, 0.15) is 53.4 Å². The molecule has 0 aromatic heterocycles. The van der Waals surface area contributed by atoms with Crippen LogP contribution in [0.4, 0.5) is 0 Å². The van der Waals surface area contributed by atoms with Crippen LogP contribution in [0.2, 0.25) is 0 Å². The lowest BCUT2D eigenvalue weighted by atomic mass is 9.75. The first-order valence-corrected chi connectivity index (χ1v) is 7.37. The zero-order valence-corrected chi connectivity index (χ0v) is 12.6. The summed E-state index contributed by atoms with van der Waals surface area (Å²) in [5, 5.41) is 3.35. The molecule has 0 amide bonds. The van der Waals surface area contributed by atoms with Gasteiger partial charge in [-0.15, -0.1) is 0 Å². The lowest BCUT2D eigenvalue weighted by molar-refractivity contribution is 0.0793. The Morgan fingerprint density at radius 1 is 1.24 bits per heavy atom. The van der Waals surface area contributed by atoms with Crippen LogP contribution in [0.25, 0.3) is 0 Å². The smallest absolute Gasteiger partial charge is 0.0220 e. The molecule has 1 heterocycles. The highest BCUT2D eigenvalue weighted by atomic mass is 15.2. The van der Waals surface area contributed by atoms with Crippen molar-refractivity contribution < 1.29 is 0 Å². The fraction of sp³-hybridized carbons (Fsp3) is 1.00. The van der Waals surface area contributed by atoms with E-state index in [-0.39, 0.29) is 0 Å². The van der Waals surface area contributed by atoms with Gasteiger partial charge in [0.2, 0.25) is 0 Å². The number of nitrogens with zero attached hydrogens (tertiary/aromatic N) is 1. The van der Waals surface area contributed by atoms with Crippen LogP contribution >= 0.6 is 0 Å². The van der Waals surface area contributed by atoms with Gasteiger partial charge in [-0.2, -0.15) is 0 Å². The number of hydrogen-bond donors (Lipinski definition) is 1. The van der Waals surface area contributed by atoms with Crippen LogP contribution < -0.4 is 5.32 Å². The van der Waals surface area contributed by atoms with Gasteiger partial charge in [0.05, 0.1) is 0 Å². The molecule has 2 heteroatoms. The molecule has 0 spiro atoms. The van der Waals surface area contributed by atoms with Gasteiger partial charge in [0, 0.05) is 12.6 Å². The van der Waals surface area contributed by atoms with Crippen molar-refractivity contribution >= 4 is 0 Å². The molecule has 17 heavy (non-hydrogen) atoms. The van der Waals surface area contributed by atoms with Gasteiger partial charge in [-0.05, 0) is 50.7 Å². The lowest BCUT2D eigenvalue weighted by Gasteiger charge is -2.42. The first-order chi connectivity index (χ1) is 7.99. The summed E-state index contributed by atoms with van der Waals surface area (Å²) in [5.41, 5.74) is 0.495. The standard InChI is InChI=1S/C15H32N2/c1-6-7-14(12-16-5)17-10-8-13(9-11-17)15(2,3)4/h13-14,16H,6-12H2,1-5H3. The quantitative estimate of drug-likeness (QED) is 0.794. The normalized spacial score (nSPS) is 21.7. The summed E-state index contributed by atoms with van der Waals surface area (Å²) in [6.45, 7) is 13.2. The zero-order chi connectivity index (χ0) is 12.9. The number of likely N-dealkylation sites (N-methyl/N-ethyl adjacent to an activating group) is 1. The summed E-state index contributed by atoms with van der Waals surface area (Å²) in [6, 6.07) is 0.755. The van der Waals surface area contributed by atoms with Gasteiger partial charge >= 0.3 is 0 Å². The van der Waals surface area contributed by atoms with E-state index in [9.17, 15) is 0 Å². The summed E-state index contributed by atoms with van der Waals surface area (Å²) in [5.74, 6) is 0.913. The first-order valence-electron chi connectivity index (χ1n) is 7.37. The molecule has 1 unspecified atom stereocenters. The summed E-state index contributed by atoms with van der Waals surface area (Å²) >= 11 is 0. The van der Waals surface area contributed by atoms with Gasteiger partial charge in [-0.1, -0.05) is 34.1 Å². The maximum Gasteiger partial charge on any atom is 0.0220 e. The van der Waals surface area contributed by atoms with Crippen LogP contribution in [-0.2, 0) is 0 Å². The second kappa shape index (κ2) is 6.75. The van der Waals surface area contributed by atoms with Crippen molar-refractivity contribution in [2.45, 2.75) is 59.4 Å². The fourth-order valence-corrected chi connectivity index (χ4v) is 3.11. The molecule has 0 saturated carbocycles. The Kier molecular flexibility index (Phi) is 5.94. The number of piperidine rings is 1. The molecular weight excluding hydrogens is 208 g/mol. The van der Waals surface area contributed by atoms with Gasteiger partial charge < -0.3 is 5.32 Å². The largest absolute Gasteiger partial charge is 0.318 e. The molecule has 1 fully saturated rings. The predicted octanol–water partition coefficient (Wildman–Crippen LogP) is 3.13. The van der Waals surface area contributed by atoms with Crippen molar-refractivity contribution in [2.75, 3.05) is 26.7 Å². The van der Waals surface area contributed by atoms with E-state index in [1.807, 2.05) is 0 Å². The Bertz CT molecular complexity index is 193. The molecule has 1 aliphatic rings. The maximum absolute atomic E-state index is 3.35. The minimum Gasteiger partial charge on any atom is -0.318 e. The highest BCUT2D eigenvalue weighted by Crippen LogP contribution is 2.34. The highest BCUT2D eigenvalue weighted by Gasteiger charge is 2.30. The molecule has 1 rings (SSSR count). The van der Waals surface area contributed by atoms with Crippen molar-refractivity contribution in [3.63, 3.8) is 0 Å². The Morgan fingerprint density at radius 2 is 1.82 bits per heavy atom. The molecule has 0 radical (unpaired) electrons. The van der Waals surface area contributed by atoms with Crippen LogP contribution in [0.3, 0.4) is 0 Å². The minimum atomic E-state index is 0.495. The average Bonchev–Trinajstić information content (AvgIpc) is 2.28. The van der Waals surface area contributed by atoms with Gasteiger partial charge in [-0.3, -0.25) is 4.90 Å². The number of likely N-dealkylation sites (tertiary alicyclic amines) is 1. The van der Waals surface area contributed by atoms with Crippen LogP contribution in [0.5, 0.6) is 0 Å². The molecule has 1 saturated heterocycles. The van der Waals surface area contributed by atoms with E-state index in [0.717, 1.165) is 18.5 Å². The van der Waals surface area contributed by atoms with Gasteiger partial charge in [0.15, 0.2) is 0 Å². The van der Waals surface area contributed by atoms with Gasteiger partial charge in [-0.25, -0.2) is 0 Å².